The van der Waals surface area contributed by atoms with E-state index in [9.17, 15) is 15.0 Å². The molecule has 0 radical (unpaired) electrons. The van der Waals surface area contributed by atoms with Crippen LogP contribution in [0.15, 0.2) is 66.7 Å². The number of esters is 1. The summed E-state index contributed by atoms with van der Waals surface area (Å²) in [6.07, 6.45) is 3.80. The van der Waals surface area contributed by atoms with Crippen LogP contribution in [0.3, 0.4) is 0 Å². The fourth-order valence-corrected chi connectivity index (χ4v) is 2.54. The highest BCUT2D eigenvalue weighted by atomic mass is 16.5. The van der Waals surface area contributed by atoms with E-state index in [4.69, 9.17) is 4.74 Å². The normalized spacial score (nSPS) is 10.8. The first kappa shape index (κ1) is 17.3. The number of phenolic OH excluding ortho intramolecular Hbond substituents is 2. The van der Waals surface area contributed by atoms with Crippen molar-refractivity contribution in [1.82, 2.24) is 0 Å². The summed E-state index contributed by atoms with van der Waals surface area (Å²) in [4.78, 5) is 12.1. The lowest BCUT2D eigenvalue weighted by molar-refractivity contribution is 0.0731. The quantitative estimate of drug-likeness (QED) is 0.405. The van der Waals surface area contributed by atoms with Gasteiger partial charge in [-0.2, -0.15) is 0 Å². The standard InChI is InChI=1S/C22H18O4/c1-15-12-17(14-18(23)13-15)7-6-16-8-10-19(11-9-16)26-22(25)20-4-2-3-5-21(20)24/h2-14,23-24H,1H3/b7-6+. The molecule has 2 N–H and O–H groups in total. The molecule has 0 atom stereocenters. The predicted molar refractivity (Wildman–Crippen MR) is 101 cm³/mol. The van der Waals surface area contributed by atoms with Gasteiger partial charge in [-0.25, -0.2) is 4.79 Å². The predicted octanol–water partition coefficient (Wildman–Crippen LogP) is 4.80. The van der Waals surface area contributed by atoms with Crippen molar-refractivity contribution < 1.29 is 19.7 Å². The van der Waals surface area contributed by atoms with Crippen LogP contribution in [0.5, 0.6) is 17.2 Å². The minimum atomic E-state index is -0.610. The van der Waals surface area contributed by atoms with Crippen LogP contribution < -0.4 is 4.74 Å². The van der Waals surface area contributed by atoms with Crippen LogP contribution in [0.2, 0.25) is 0 Å². The van der Waals surface area contributed by atoms with Crippen molar-refractivity contribution in [2.45, 2.75) is 6.92 Å². The number of carbonyl (C=O) groups excluding carboxylic acids is 1. The minimum absolute atomic E-state index is 0.113. The molecule has 4 nitrogen and oxygen atoms in total. The number of aromatic hydroxyl groups is 2. The zero-order chi connectivity index (χ0) is 18.5. The fraction of sp³-hybridized carbons (Fsp3) is 0.0455. The molecule has 3 aromatic carbocycles. The van der Waals surface area contributed by atoms with E-state index in [1.165, 1.54) is 12.1 Å². The van der Waals surface area contributed by atoms with Gasteiger partial charge in [0.2, 0.25) is 0 Å². The molecule has 0 aliphatic heterocycles. The molecular weight excluding hydrogens is 328 g/mol. The van der Waals surface area contributed by atoms with Gasteiger partial charge in [0.15, 0.2) is 0 Å². The second kappa shape index (κ2) is 7.57. The van der Waals surface area contributed by atoms with E-state index in [0.717, 1.165) is 16.7 Å². The Balaban J connectivity index is 1.69. The summed E-state index contributed by atoms with van der Waals surface area (Å²) in [6, 6.07) is 18.6. The minimum Gasteiger partial charge on any atom is -0.508 e. The highest BCUT2D eigenvalue weighted by Crippen LogP contribution is 2.21. The topological polar surface area (TPSA) is 66.8 Å². The summed E-state index contributed by atoms with van der Waals surface area (Å²) in [6.45, 7) is 1.92. The molecule has 130 valence electrons. The van der Waals surface area contributed by atoms with Gasteiger partial charge >= 0.3 is 5.97 Å². The van der Waals surface area contributed by atoms with Crippen molar-refractivity contribution >= 4 is 18.1 Å². The summed E-state index contributed by atoms with van der Waals surface area (Å²) in [5.41, 5.74) is 2.93. The van der Waals surface area contributed by atoms with Gasteiger partial charge in [-0.05, 0) is 60.0 Å². The number of ether oxygens (including phenoxy) is 1. The largest absolute Gasteiger partial charge is 0.508 e. The number of benzene rings is 3. The summed E-state index contributed by atoms with van der Waals surface area (Å²) in [5.74, 6) is -0.0974. The molecule has 0 spiro atoms. The Morgan fingerprint density at radius 1 is 0.885 bits per heavy atom. The Labute approximate surface area is 151 Å². The number of hydrogen-bond acceptors (Lipinski definition) is 4. The molecular formula is C22H18O4. The van der Waals surface area contributed by atoms with Gasteiger partial charge in [0, 0.05) is 0 Å². The van der Waals surface area contributed by atoms with E-state index < -0.39 is 5.97 Å². The van der Waals surface area contributed by atoms with Crippen LogP contribution in [0.1, 0.15) is 27.0 Å². The molecule has 0 saturated carbocycles. The molecule has 3 aromatic rings. The van der Waals surface area contributed by atoms with Crippen molar-refractivity contribution in [3.8, 4) is 17.2 Å². The van der Waals surface area contributed by atoms with Crippen molar-refractivity contribution in [1.29, 1.82) is 0 Å². The van der Waals surface area contributed by atoms with E-state index in [2.05, 4.69) is 0 Å². The van der Waals surface area contributed by atoms with Gasteiger partial charge in [0.05, 0.1) is 0 Å². The van der Waals surface area contributed by atoms with Crippen molar-refractivity contribution in [3.05, 3.63) is 89.0 Å². The lowest BCUT2D eigenvalue weighted by atomic mass is 10.1. The molecule has 0 aliphatic carbocycles. The molecule has 0 amide bonds. The van der Waals surface area contributed by atoms with Crippen LogP contribution in [0, 0.1) is 6.92 Å². The summed E-state index contributed by atoms with van der Waals surface area (Å²) >= 11 is 0. The maximum absolute atomic E-state index is 12.1. The van der Waals surface area contributed by atoms with Crippen LogP contribution in [-0.2, 0) is 0 Å². The Morgan fingerprint density at radius 3 is 2.27 bits per heavy atom. The molecule has 26 heavy (non-hydrogen) atoms. The zero-order valence-corrected chi connectivity index (χ0v) is 14.2. The molecule has 0 aliphatic rings. The molecule has 0 unspecified atom stereocenters. The van der Waals surface area contributed by atoms with Crippen molar-refractivity contribution in [2.75, 3.05) is 0 Å². The van der Waals surface area contributed by atoms with Crippen LogP contribution in [0.25, 0.3) is 12.2 Å². The third-order valence-electron chi connectivity index (χ3n) is 3.77. The number of carbonyl (C=O) groups is 1. The average Bonchev–Trinajstić information content (AvgIpc) is 2.60. The fourth-order valence-electron chi connectivity index (χ4n) is 2.54. The van der Waals surface area contributed by atoms with Crippen molar-refractivity contribution in [3.63, 3.8) is 0 Å². The summed E-state index contributed by atoms with van der Waals surface area (Å²) in [7, 11) is 0. The SMILES string of the molecule is Cc1cc(O)cc(/C=C/c2ccc(OC(=O)c3ccccc3O)cc2)c1. The molecule has 0 saturated heterocycles. The maximum Gasteiger partial charge on any atom is 0.347 e. The van der Waals surface area contributed by atoms with Gasteiger partial charge < -0.3 is 14.9 Å². The van der Waals surface area contributed by atoms with E-state index in [0.29, 0.717) is 5.75 Å². The smallest absolute Gasteiger partial charge is 0.347 e. The van der Waals surface area contributed by atoms with Gasteiger partial charge in [-0.15, -0.1) is 0 Å². The van der Waals surface area contributed by atoms with Gasteiger partial charge in [0.25, 0.3) is 0 Å². The van der Waals surface area contributed by atoms with E-state index in [1.54, 1.807) is 36.4 Å². The number of rotatable bonds is 4. The Hall–Kier alpha value is -3.53. The number of phenols is 2. The number of hydrogen-bond donors (Lipinski definition) is 2. The van der Waals surface area contributed by atoms with Crippen molar-refractivity contribution in [2.24, 2.45) is 0 Å². The van der Waals surface area contributed by atoms with Crippen LogP contribution in [0.4, 0.5) is 0 Å². The lowest BCUT2D eigenvalue weighted by Gasteiger charge is -2.06. The monoisotopic (exact) mass is 346 g/mol. The maximum atomic E-state index is 12.1. The number of aryl methyl sites for hydroxylation is 1. The Bertz CT molecular complexity index is 936. The van der Waals surface area contributed by atoms with E-state index >= 15 is 0 Å². The number of para-hydroxylation sites is 1. The zero-order valence-electron chi connectivity index (χ0n) is 14.2. The van der Waals surface area contributed by atoms with E-state index in [1.807, 2.05) is 37.3 Å². The molecule has 0 aromatic heterocycles. The van der Waals surface area contributed by atoms with Gasteiger partial charge in [0.1, 0.15) is 22.8 Å². The third-order valence-corrected chi connectivity index (χ3v) is 3.77. The first-order valence-electron chi connectivity index (χ1n) is 8.10. The summed E-state index contributed by atoms with van der Waals surface area (Å²) in [5, 5.41) is 19.3. The van der Waals surface area contributed by atoms with Gasteiger partial charge in [-0.3, -0.25) is 0 Å². The molecule has 0 fully saturated rings. The molecule has 0 bridgehead atoms. The van der Waals surface area contributed by atoms with Gasteiger partial charge in [-0.1, -0.05) is 42.5 Å². The molecule has 3 rings (SSSR count). The Morgan fingerprint density at radius 2 is 1.58 bits per heavy atom. The average molecular weight is 346 g/mol. The summed E-state index contributed by atoms with van der Waals surface area (Å²) < 4.78 is 5.27. The second-order valence-corrected chi connectivity index (χ2v) is 5.91. The van der Waals surface area contributed by atoms with Crippen LogP contribution >= 0.6 is 0 Å². The second-order valence-electron chi connectivity index (χ2n) is 5.91. The highest BCUT2D eigenvalue weighted by Gasteiger charge is 2.12. The first-order chi connectivity index (χ1) is 12.5. The Kier molecular flexibility index (Phi) is 5.04. The molecule has 4 heteroatoms. The molecule has 0 heterocycles. The lowest BCUT2D eigenvalue weighted by Crippen LogP contribution is -2.08. The highest BCUT2D eigenvalue weighted by molar-refractivity contribution is 5.93. The van der Waals surface area contributed by atoms with E-state index in [-0.39, 0.29) is 17.1 Å². The first-order valence-corrected chi connectivity index (χ1v) is 8.10. The van der Waals surface area contributed by atoms with Crippen LogP contribution in [-0.4, -0.2) is 16.2 Å². The third kappa shape index (κ3) is 4.30.